The molecule has 1 aliphatic rings. The van der Waals surface area contributed by atoms with Crippen LogP contribution < -0.4 is 9.47 Å². The summed E-state index contributed by atoms with van der Waals surface area (Å²) in [5.74, 6) is -0.0854. The van der Waals surface area contributed by atoms with Crippen LogP contribution in [0.3, 0.4) is 0 Å². The zero-order chi connectivity index (χ0) is 20.3. The quantitative estimate of drug-likeness (QED) is 0.452. The number of nitrogens with zero attached hydrogens (tertiary/aromatic N) is 4. The second-order valence-corrected chi connectivity index (χ2v) is 6.37. The van der Waals surface area contributed by atoms with E-state index in [-0.39, 0.29) is 18.1 Å². The summed E-state index contributed by atoms with van der Waals surface area (Å²) in [5.41, 5.74) is -1.52. The number of nitro benzene ring substituents is 1. The van der Waals surface area contributed by atoms with Crippen LogP contribution in [-0.2, 0) is 17.5 Å². The maximum absolute atomic E-state index is 12.8. The molecule has 0 unspecified atom stereocenters. The molecule has 0 saturated carbocycles. The maximum Gasteiger partial charge on any atom is 0.416 e. The van der Waals surface area contributed by atoms with Crippen LogP contribution in [0.25, 0.3) is 0 Å². The number of carbonyl (C=O) groups is 1. The Balaban J connectivity index is 1.69. The third-order valence-electron chi connectivity index (χ3n) is 4.57. The molecule has 1 aliphatic heterocycles. The average molecular weight is 395 g/mol. The van der Waals surface area contributed by atoms with Gasteiger partial charge in [-0.2, -0.15) is 17.7 Å². The number of pyridine rings is 1. The average Bonchev–Trinajstić information content (AvgIpc) is 2.67. The van der Waals surface area contributed by atoms with Crippen LogP contribution in [0.1, 0.15) is 5.56 Å². The smallest absolute Gasteiger partial charge is 0.362 e. The first-order chi connectivity index (χ1) is 13.3. The van der Waals surface area contributed by atoms with Crippen LogP contribution in [0.5, 0.6) is 0 Å². The summed E-state index contributed by atoms with van der Waals surface area (Å²) in [5, 5.41) is 11.3. The van der Waals surface area contributed by atoms with E-state index in [1.807, 2.05) is 18.2 Å². The fourth-order valence-electron chi connectivity index (χ4n) is 3.11. The first-order valence-corrected chi connectivity index (χ1v) is 8.58. The monoisotopic (exact) mass is 395 g/mol. The third kappa shape index (κ3) is 4.38. The van der Waals surface area contributed by atoms with E-state index in [1.54, 1.807) is 26.8 Å². The number of benzene rings is 1. The highest BCUT2D eigenvalue weighted by Gasteiger charge is 2.34. The number of nitro groups is 1. The highest BCUT2D eigenvalue weighted by atomic mass is 19.4. The van der Waals surface area contributed by atoms with Crippen LogP contribution in [0, 0.1) is 10.1 Å². The Morgan fingerprint density at radius 2 is 1.75 bits per heavy atom. The van der Waals surface area contributed by atoms with Crippen LogP contribution in [-0.4, -0.2) is 41.9 Å². The van der Waals surface area contributed by atoms with E-state index in [2.05, 4.69) is 0 Å². The highest BCUT2D eigenvalue weighted by Crippen LogP contribution is 2.36. The van der Waals surface area contributed by atoms with E-state index >= 15 is 0 Å². The molecule has 2 aromatic rings. The zero-order valence-electron chi connectivity index (χ0n) is 14.8. The van der Waals surface area contributed by atoms with Crippen molar-refractivity contribution in [1.82, 2.24) is 4.90 Å². The van der Waals surface area contributed by atoms with Crippen LogP contribution in [0.2, 0.25) is 0 Å². The second-order valence-electron chi connectivity index (χ2n) is 6.37. The van der Waals surface area contributed by atoms with E-state index < -0.39 is 22.4 Å². The van der Waals surface area contributed by atoms with Crippen molar-refractivity contribution in [2.45, 2.75) is 12.7 Å². The van der Waals surface area contributed by atoms with Gasteiger partial charge in [0.25, 0.3) is 11.6 Å². The van der Waals surface area contributed by atoms with Crippen molar-refractivity contribution in [3.05, 3.63) is 64.5 Å². The number of rotatable bonds is 4. The Hall–Kier alpha value is -3.17. The maximum atomic E-state index is 12.8. The van der Waals surface area contributed by atoms with Gasteiger partial charge in [0, 0.05) is 44.4 Å². The number of piperazine rings is 1. The summed E-state index contributed by atoms with van der Waals surface area (Å²) in [4.78, 5) is 26.1. The molecular weight excluding hydrogens is 377 g/mol. The van der Waals surface area contributed by atoms with Crippen molar-refractivity contribution in [2.24, 2.45) is 0 Å². The standard InChI is InChI=1S/C18H18F3N4O3/c19-18(20,21)14-4-5-15(16(12-14)25(27)28)23-8-10-24(11-9-23)17(26)13-22-6-2-1-3-7-22/h1-7,12H,8-11,13H2/q+1. The fourth-order valence-corrected chi connectivity index (χ4v) is 3.11. The van der Waals surface area contributed by atoms with Crippen molar-refractivity contribution < 1.29 is 27.5 Å². The van der Waals surface area contributed by atoms with Crippen molar-refractivity contribution in [2.75, 3.05) is 31.1 Å². The van der Waals surface area contributed by atoms with Crippen LogP contribution in [0.15, 0.2) is 48.8 Å². The molecule has 0 N–H and O–H groups in total. The summed E-state index contributed by atoms with van der Waals surface area (Å²) >= 11 is 0. The normalized spacial score (nSPS) is 14.8. The third-order valence-corrected chi connectivity index (χ3v) is 4.57. The molecule has 0 radical (unpaired) electrons. The van der Waals surface area contributed by atoms with Gasteiger partial charge in [0.05, 0.1) is 10.5 Å². The molecule has 2 heterocycles. The molecule has 7 nitrogen and oxygen atoms in total. The number of halogens is 3. The lowest BCUT2D eigenvalue weighted by atomic mass is 10.1. The van der Waals surface area contributed by atoms with Gasteiger partial charge in [-0.3, -0.25) is 14.9 Å². The van der Waals surface area contributed by atoms with Gasteiger partial charge in [0.1, 0.15) is 5.69 Å². The molecule has 0 bridgehead atoms. The largest absolute Gasteiger partial charge is 0.416 e. The molecule has 1 aromatic carbocycles. The lowest BCUT2D eigenvalue weighted by molar-refractivity contribution is -0.685. The summed E-state index contributed by atoms with van der Waals surface area (Å²) in [6.45, 7) is 1.46. The van der Waals surface area contributed by atoms with Crippen molar-refractivity contribution in [3.8, 4) is 0 Å². The molecule has 1 amide bonds. The SMILES string of the molecule is O=C(C[n+]1ccccc1)N1CCN(c2ccc(C(F)(F)F)cc2[N+](=O)[O-])CC1. The number of anilines is 1. The topological polar surface area (TPSA) is 70.6 Å². The number of aromatic nitrogens is 1. The predicted molar refractivity (Wildman–Crippen MR) is 93.5 cm³/mol. The van der Waals surface area contributed by atoms with Gasteiger partial charge < -0.3 is 9.80 Å². The minimum atomic E-state index is -4.65. The Labute approximate surface area is 158 Å². The number of alkyl halides is 3. The predicted octanol–water partition coefficient (Wildman–Crippen LogP) is 2.25. The minimum absolute atomic E-state index is 0.0854. The van der Waals surface area contributed by atoms with Gasteiger partial charge in [-0.05, 0) is 12.1 Å². The van der Waals surface area contributed by atoms with Crippen LogP contribution >= 0.6 is 0 Å². The Bertz CT molecular complexity index is 866. The molecular formula is C18H18F3N4O3+. The molecule has 148 valence electrons. The van der Waals surface area contributed by atoms with Gasteiger partial charge in [0.15, 0.2) is 12.4 Å². The molecule has 0 atom stereocenters. The van der Waals surface area contributed by atoms with Crippen molar-refractivity contribution in [3.63, 3.8) is 0 Å². The highest BCUT2D eigenvalue weighted by molar-refractivity contribution is 5.75. The van der Waals surface area contributed by atoms with E-state index in [9.17, 15) is 28.1 Å². The number of amides is 1. The second kappa shape index (κ2) is 7.83. The molecule has 10 heteroatoms. The van der Waals surface area contributed by atoms with E-state index in [0.29, 0.717) is 32.2 Å². The van der Waals surface area contributed by atoms with Crippen LogP contribution in [0.4, 0.5) is 24.5 Å². The first kappa shape index (κ1) is 19.6. The van der Waals surface area contributed by atoms with Gasteiger partial charge >= 0.3 is 6.18 Å². The van der Waals surface area contributed by atoms with Gasteiger partial charge in [-0.1, -0.05) is 6.07 Å². The lowest BCUT2D eigenvalue weighted by Crippen LogP contribution is -2.52. The molecule has 3 rings (SSSR count). The molecule has 1 aromatic heterocycles. The summed E-state index contributed by atoms with van der Waals surface area (Å²) < 4.78 is 40.3. The zero-order valence-corrected chi connectivity index (χ0v) is 14.8. The number of carbonyl (C=O) groups excluding carboxylic acids is 1. The molecule has 1 fully saturated rings. The first-order valence-electron chi connectivity index (χ1n) is 8.58. The molecule has 0 spiro atoms. The number of hydrogen-bond acceptors (Lipinski definition) is 4. The lowest BCUT2D eigenvalue weighted by Gasteiger charge is -2.35. The van der Waals surface area contributed by atoms with Crippen molar-refractivity contribution >= 4 is 17.3 Å². The Morgan fingerprint density at radius 3 is 2.32 bits per heavy atom. The Morgan fingerprint density at radius 1 is 1.11 bits per heavy atom. The molecule has 28 heavy (non-hydrogen) atoms. The molecule has 0 aliphatic carbocycles. The number of hydrogen-bond donors (Lipinski definition) is 0. The van der Waals surface area contributed by atoms with Gasteiger partial charge in [-0.15, -0.1) is 0 Å². The molecule has 1 saturated heterocycles. The summed E-state index contributed by atoms with van der Waals surface area (Å²) in [7, 11) is 0. The Kier molecular flexibility index (Phi) is 5.48. The van der Waals surface area contributed by atoms with E-state index in [4.69, 9.17) is 0 Å². The van der Waals surface area contributed by atoms with E-state index in [1.165, 1.54) is 0 Å². The van der Waals surface area contributed by atoms with E-state index in [0.717, 1.165) is 12.1 Å². The summed E-state index contributed by atoms with van der Waals surface area (Å²) in [6, 6.07) is 7.99. The summed E-state index contributed by atoms with van der Waals surface area (Å²) in [6.07, 6.45) is -1.09. The van der Waals surface area contributed by atoms with Gasteiger partial charge in [-0.25, -0.2) is 0 Å². The van der Waals surface area contributed by atoms with Crippen molar-refractivity contribution in [1.29, 1.82) is 0 Å². The van der Waals surface area contributed by atoms with Gasteiger partial charge in [0.2, 0.25) is 6.54 Å². The fraction of sp³-hybridized carbons (Fsp3) is 0.333. The minimum Gasteiger partial charge on any atom is -0.362 e.